The summed E-state index contributed by atoms with van der Waals surface area (Å²) in [5.41, 5.74) is 4.02. The van der Waals surface area contributed by atoms with Crippen molar-refractivity contribution in [2.24, 2.45) is 0 Å². The number of piperidine rings is 1. The van der Waals surface area contributed by atoms with E-state index in [1.165, 1.54) is 17.5 Å². The fourth-order valence-corrected chi connectivity index (χ4v) is 4.50. The molecule has 3 nitrogen and oxygen atoms in total. The second kappa shape index (κ2) is 5.48. The van der Waals surface area contributed by atoms with Crippen LogP contribution in [0.3, 0.4) is 0 Å². The molecule has 0 bridgehead atoms. The standard InChI is InChI=1S/C20H22N2O/c1-15-13-20(18-7-3-2-6-17(15)18)8-11-22(12-9-20)19(23)16-5-4-10-21-14-16/h2-7,10,14-15H,8-9,11-13H2,1H3/t15-/m1/s1. The predicted octanol–water partition coefficient (Wildman–Crippen LogP) is 3.76. The molecule has 1 spiro atoms. The molecule has 0 N–H and O–H groups in total. The Balaban J connectivity index is 1.53. The van der Waals surface area contributed by atoms with Gasteiger partial charge in [0.1, 0.15) is 0 Å². The third kappa shape index (κ3) is 2.35. The summed E-state index contributed by atoms with van der Waals surface area (Å²) in [6, 6.07) is 12.6. The zero-order chi connectivity index (χ0) is 15.9. The Kier molecular flexibility index (Phi) is 3.44. The molecule has 1 aliphatic carbocycles. The van der Waals surface area contributed by atoms with Crippen LogP contribution in [-0.2, 0) is 5.41 Å². The summed E-state index contributed by atoms with van der Waals surface area (Å²) < 4.78 is 0. The van der Waals surface area contributed by atoms with Gasteiger partial charge in [-0.05, 0) is 53.9 Å². The molecule has 3 heteroatoms. The summed E-state index contributed by atoms with van der Waals surface area (Å²) in [6.07, 6.45) is 6.74. The molecule has 1 aliphatic heterocycles. The Morgan fingerprint density at radius 2 is 1.96 bits per heavy atom. The van der Waals surface area contributed by atoms with E-state index in [-0.39, 0.29) is 11.3 Å². The Morgan fingerprint density at radius 3 is 2.70 bits per heavy atom. The fraction of sp³-hybridized carbons (Fsp3) is 0.400. The first kappa shape index (κ1) is 14.4. The third-order valence-corrected chi connectivity index (χ3v) is 5.68. The van der Waals surface area contributed by atoms with Gasteiger partial charge < -0.3 is 4.90 Å². The molecule has 1 amide bonds. The third-order valence-electron chi connectivity index (χ3n) is 5.68. The van der Waals surface area contributed by atoms with Gasteiger partial charge in [-0.3, -0.25) is 9.78 Å². The zero-order valence-electron chi connectivity index (χ0n) is 13.5. The maximum absolute atomic E-state index is 12.6. The quantitative estimate of drug-likeness (QED) is 0.803. The predicted molar refractivity (Wildman–Crippen MR) is 90.5 cm³/mol. The van der Waals surface area contributed by atoms with Crippen LogP contribution in [0.25, 0.3) is 0 Å². The van der Waals surface area contributed by atoms with E-state index >= 15 is 0 Å². The van der Waals surface area contributed by atoms with Crippen LogP contribution in [0.1, 0.15) is 53.6 Å². The number of amides is 1. The lowest BCUT2D eigenvalue weighted by Crippen LogP contribution is -2.44. The van der Waals surface area contributed by atoms with Crippen molar-refractivity contribution in [2.75, 3.05) is 13.1 Å². The average Bonchev–Trinajstić information content (AvgIpc) is 2.88. The molecule has 2 aromatic rings. The highest BCUT2D eigenvalue weighted by Gasteiger charge is 2.44. The van der Waals surface area contributed by atoms with Gasteiger partial charge in [0.2, 0.25) is 0 Å². The van der Waals surface area contributed by atoms with E-state index < -0.39 is 0 Å². The van der Waals surface area contributed by atoms with Crippen LogP contribution in [0.15, 0.2) is 48.8 Å². The van der Waals surface area contributed by atoms with Gasteiger partial charge in [-0.15, -0.1) is 0 Å². The van der Waals surface area contributed by atoms with Gasteiger partial charge in [-0.2, -0.15) is 0 Å². The second-order valence-electron chi connectivity index (χ2n) is 7.01. The molecule has 1 aromatic carbocycles. The number of nitrogens with zero attached hydrogens (tertiary/aromatic N) is 2. The molecule has 23 heavy (non-hydrogen) atoms. The molecule has 1 saturated heterocycles. The monoisotopic (exact) mass is 306 g/mol. The number of rotatable bonds is 1. The van der Waals surface area contributed by atoms with E-state index in [1.54, 1.807) is 12.4 Å². The molecular formula is C20H22N2O. The highest BCUT2D eigenvalue weighted by Crippen LogP contribution is 2.51. The van der Waals surface area contributed by atoms with Crippen LogP contribution in [-0.4, -0.2) is 28.9 Å². The van der Waals surface area contributed by atoms with E-state index in [0.717, 1.165) is 25.9 Å². The SMILES string of the molecule is C[C@@H]1CC2(CCN(C(=O)c3cccnc3)CC2)c2ccccc21. The highest BCUT2D eigenvalue weighted by atomic mass is 16.2. The minimum atomic E-state index is 0.118. The number of carbonyl (C=O) groups excluding carboxylic acids is 1. The second-order valence-corrected chi connectivity index (χ2v) is 7.01. The van der Waals surface area contributed by atoms with Crippen LogP contribution < -0.4 is 0 Å². The van der Waals surface area contributed by atoms with Crippen molar-refractivity contribution < 1.29 is 4.79 Å². The van der Waals surface area contributed by atoms with Crippen LogP contribution in [0.5, 0.6) is 0 Å². The van der Waals surface area contributed by atoms with Crippen molar-refractivity contribution in [3.8, 4) is 0 Å². The molecular weight excluding hydrogens is 284 g/mol. The molecule has 0 saturated carbocycles. The molecule has 2 aliphatic rings. The van der Waals surface area contributed by atoms with E-state index in [9.17, 15) is 4.79 Å². The van der Waals surface area contributed by atoms with E-state index in [1.807, 2.05) is 17.0 Å². The van der Waals surface area contributed by atoms with Crippen LogP contribution in [0, 0.1) is 0 Å². The summed E-state index contributed by atoms with van der Waals surface area (Å²) in [4.78, 5) is 18.7. The lowest BCUT2D eigenvalue weighted by molar-refractivity contribution is 0.0663. The normalized spacial score (nSPS) is 22.1. The Labute approximate surface area is 137 Å². The maximum Gasteiger partial charge on any atom is 0.255 e. The largest absolute Gasteiger partial charge is 0.339 e. The molecule has 1 atom stereocenters. The number of hydrogen-bond acceptors (Lipinski definition) is 2. The zero-order valence-corrected chi connectivity index (χ0v) is 13.5. The Bertz CT molecular complexity index is 717. The summed E-state index contributed by atoms with van der Waals surface area (Å²) in [5.74, 6) is 0.749. The number of aromatic nitrogens is 1. The summed E-state index contributed by atoms with van der Waals surface area (Å²) in [6.45, 7) is 4.02. The van der Waals surface area contributed by atoms with Gasteiger partial charge in [-0.25, -0.2) is 0 Å². The van der Waals surface area contributed by atoms with Crippen molar-refractivity contribution >= 4 is 5.91 Å². The number of hydrogen-bond donors (Lipinski definition) is 0. The van der Waals surface area contributed by atoms with Crippen molar-refractivity contribution in [2.45, 2.75) is 37.5 Å². The van der Waals surface area contributed by atoms with Gasteiger partial charge in [-0.1, -0.05) is 31.2 Å². The average molecular weight is 306 g/mol. The van der Waals surface area contributed by atoms with Crippen molar-refractivity contribution in [1.82, 2.24) is 9.88 Å². The molecule has 2 heterocycles. The summed E-state index contributed by atoms with van der Waals surface area (Å²) in [7, 11) is 0. The number of fused-ring (bicyclic) bond motifs is 2. The molecule has 1 aromatic heterocycles. The van der Waals surface area contributed by atoms with Crippen LogP contribution in [0.2, 0.25) is 0 Å². The minimum absolute atomic E-state index is 0.118. The number of benzene rings is 1. The van der Waals surface area contributed by atoms with Gasteiger partial charge >= 0.3 is 0 Å². The summed E-state index contributed by atoms with van der Waals surface area (Å²) in [5, 5.41) is 0. The fourth-order valence-electron chi connectivity index (χ4n) is 4.50. The topological polar surface area (TPSA) is 33.2 Å². The van der Waals surface area contributed by atoms with E-state index in [2.05, 4.69) is 36.2 Å². The highest BCUT2D eigenvalue weighted by molar-refractivity contribution is 5.93. The molecule has 4 rings (SSSR count). The number of pyridine rings is 1. The van der Waals surface area contributed by atoms with Gasteiger partial charge in [0.25, 0.3) is 5.91 Å². The lowest BCUT2D eigenvalue weighted by Gasteiger charge is -2.40. The number of carbonyl (C=O) groups is 1. The van der Waals surface area contributed by atoms with Gasteiger partial charge in [0.05, 0.1) is 5.56 Å². The van der Waals surface area contributed by atoms with Gasteiger partial charge in [0, 0.05) is 25.5 Å². The number of likely N-dealkylation sites (tertiary alicyclic amines) is 1. The Hall–Kier alpha value is -2.16. The van der Waals surface area contributed by atoms with Crippen molar-refractivity contribution in [3.63, 3.8) is 0 Å². The van der Waals surface area contributed by atoms with E-state index in [4.69, 9.17) is 0 Å². The molecule has 1 fully saturated rings. The molecule has 0 radical (unpaired) electrons. The first-order valence-electron chi connectivity index (χ1n) is 8.48. The van der Waals surface area contributed by atoms with Crippen LogP contribution in [0.4, 0.5) is 0 Å². The van der Waals surface area contributed by atoms with Crippen LogP contribution >= 0.6 is 0 Å². The first-order valence-corrected chi connectivity index (χ1v) is 8.48. The van der Waals surface area contributed by atoms with Crippen molar-refractivity contribution in [3.05, 3.63) is 65.5 Å². The Morgan fingerprint density at radius 1 is 1.17 bits per heavy atom. The van der Waals surface area contributed by atoms with E-state index in [0.29, 0.717) is 11.5 Å². The maximum atomic E-state index is 12.6. The van der Waals surface area contributed by atoms with Gasteiger partial charge in [0.15, 0.2) is 0 Å². The molecule has 0 unspecified atom stereocenters. The lowest BCUT2D eigenvalue weighted by atomic mass is 9.73. The molecule has 118 valence electrons. The summed E-state index contributed by atoms with van der Waals surface area (Å²) >= 11 is 0. The first-order chi connectivity index (χ1) is 11.2. The van der Waals surface area contributed by atoms with Crippen molar-refractivity contribution in [1.29, 1.82) is 0 Å². The minimum Gasteiger partial charge on any atom is -0.339 e. The smallest absolute Gasteiger partial charge is 0.255 e.